The quantitative estimate of drug-likeness (QED) is 0.754. The highest BCUT2D eigenvalue weighted by Crippen LogP contribution is 2.58. The first-order valence-electron chi connectivity index (χ1n) is 9.23. The van der Waals surface area contributed by atoms with Crippen LogP contribution < -0.4 is 10.2 Å². The van der Waals surface area contributed by atoms with Crippen molar-refractivity contribution in [2.24, 2.45) is 0 Å². The number of nitrogens with zero attached hydrogens (tertiary/aromatic N) is 6. The van der Waals surface area contributed by atoms with Crippen molar-refractivity contribution in [3.8, 4) is 11.6 Å². The second-order valence-corrected chi connectivity index (χ2v) is 7.40. The van der Waals surface area contributed by atoms with Crippen LogP contribution in [0.1, 0.15) is 31.0 Å². The van der Waals surface area contributed by atoms with Gasteiger partial charge in [0, 0.05) is 60.9 Å². The molecule has 0 atom stereocenters. The van der Waals surface area contributed by atoms with Gasteiger partial charge in [-0.1, -0.05) is 0 Å². The fraction of sp³-hybridized carbons (Fsp3) is 0.300. The standard InChI is InChI=1S/C20H19N7O/c1-12-8-17(26-19(24-12)18-21-6-3-7-22-18)27-11-20(4-5-20)14-10-23-16(9-15(14)27)25-13(2)28/h3,6-10H,4-5,11H2,1-2H3,(H,23,25,28). The van der Waals surface area contributed by atoms with Crippen LogP contribution in [0.3, 0.4) is 0 Å². The maximum Gasteiger partial charge on any atom is 0.222 e. The summed E-state index contributed by atoms with van der Waals surface area (Å²) in [5, 5.41) is 2.77. The predicted molar refractivity (Wildman–Crippen MR) is 104 cm³/mol. The molecule has 0 unspecified atom stereocenters. The minimum absolute atomic E-state index is 0.138. The van der Waals surface area contributed by atoms with Crippen LogP contribution in [-0.4, -0.2) is 37.4 Å². The van der Waals surface area contributed by atoms with Crippen molar-refractivity contribution in [1.29, 1.82) is 0 Å². The molecular weight excluding hydrogens is 354 g/mol. The number of anilines is 3. The molecule has 1 fully saturated rings. The maximum atomic E-state index is 11.5. The Bertz CT molecular complexity index is 1080. The molecule has 0 radical (unpaired) electrons. The van der Waals surface area contributed by atoms with E-state index in [-0.39, 0.29) is 11.3 Å². The van der Waals surface area contributed by atoms with Crippen LogP contribution in [0.4, 0.5) is 17.3 Å². The van der Waals surface area contributed by atoms with Crippen molar-refractivity contribution in [2.45, 2.75) is 32.1 Å². The summed E-state index contributed by atoms with van der Waals surface area (Å²) in [4.78, 5) is 35.9. The molecule has 5 rings (SSSR count). The summed E-state index contributed by atoms with van der Waals surface area (Å²) >= 11 is 0. The largest absolute Gasteiger partial charge is 0.325 e. The molecule has 0 bridgehead atoms. The van der Waals surface area contributed by atoms with Gasteiger partial charge < -0.3 is 10.2 Å². The molecule has 4 heterocycles. The molecule has 140 valence electrons. The number of hydrogen-bond acceptors (Lipinski definition) is 7. The topological polar surface area (TPSA) is 96.8 Å². The number of carbonyl (C=O) groups is 1. The molecule has 0 saturated heterocycles. The molecule has 0 aromatic carbocycles. The number of amides is 1. The Labute approximate surface area is 162 Å². The van der Waals surface area contributed by atoms with Gasteiger partial charge in [0.2, 0.25) is 5.91 Å². The molecule has 8 heteroatoms. The zero-order valence-corrected chi connectivity index (χ0v) is 15.7. The summed E-state index contributed by atoms with van der Waals surface area (Å²) in [5.74, 6) is 2.22. The molecule has 1 aliphatic heterocycles. The summed E-state index contributed by atoms with van der Waals surface area (Å²) < 4.78 is 0. The highest BCUT2D eigenvalue weighted by Gasteiger charge is 2.52. The van der Waals surface area contributed by atoms with E-state index in [1.807, 2.05) is 25.3 Å². The van der Waals surface area contributed by atoms with Gasteiger partial charge in [-0.15, -0.1) is 0 Å². The van der Waals surface area contributed by atoms with Gasteiger partial charge in [-0.3, -0.25) is 4.79 Å². The number of pyridine rings is 1. The fourth-order valence-electron chi connectivity index (χ4n) is 3.79. The highest BCUT2D eigenvalue weighted by atomic mass is 16.1. The van der Waals surface area contributed by atoms with Gasteiger partial charge >= 0.3 is 0 Å². The molecule has 28 heavy (non-hydrogen) atoms. The average Bonchev–Trinajstić information content (AvgIpc) is 3.39. The number of hydrogen-bond donors (Lipinski definition) is 1. The smallest absolute Gasteiger partial charge is 0.222 e. The number of carbonyl (C=O) groups excluding carboxylic acids is 1. The Morgan fingerprint density at radius 2 is 1.89 bits per heavy atom. The van der Waals surface area contributed by atoms with Crippen LogP contribution in [0.2, 0.25) is 0 Å². The molecule has 1 amide bonds. The van der Waals surface area contributed by atoms with E-state index in [9.17, 15) is 4.79 Å². The van der Waals surface area contributed by atoms with Gasteiger partial charge in [0.25, 0.3) is 0 Å². The second kappa shape index (κ2) is 6.05. The first kappa shape index (κ1) is 16.7. The van der Waals surface area contributed by atoms with Crippen LogP contribution in [0.15, 0.2) is 36.8 Å². The lowest BCUT2D eigenvalue weighted by Gasteiger charge is -2.20. The lowest BCUT2D eigenvalue weighted by Crippen LogP contribution is -2.21. The molecule has 1 saturated carbocycles. The number of aryl methyl sites for hydroxylation is 1. The third-order valence-corrected chi connectivity index (χ3v) is 5.25. The van der Waals surface area contributed by atoms with Crippen molar-refractivity contribution in [3.63, 3.8) is 0 Å². The van der Waals surface area contributed by atoms with E-state index in [1.165, 1.54) is 12.5 Å². The van der Waals surface area contributed by atoms with Crippen LogP contribution in [0.5, 0.6) is 0 Å². The van der Waals surface area contributed by atoms with E-state index in [0.717, 1.165) is 36.6 Å². The molecule has 8 nitrogen and oxygen atoms in total. The lowest BCUT2D eigenvalue weighted by atomic mass is 10.0. The first-order chi connectivity index (χ1) is 13.5. The third-order valence-electron chi connectivity index (χ3n) is 5.25. The summed E-state index contributed by atoms with van der Waals surface area (Å²) in [5.41, 5.74) is 3.24. The average molecular weight is 373 g/mol. The van der Waals surface area contributed by atoms with E-state index in [1.54, 1.807) is 18.5 Å². The van der Waals surface area contributed by atoms with Gasteiger partial charge in [0.15, 0.2) is 11.6 Å². The fourth-order valence-corrected chi connectivity index (χ4v) is 3.79. The van der Waals surface area contributed by atoms with Crippen LogP contribution in [0, 0.1) is 6.92 Å². The molecule has 3 aromatic rings. The minimum atomic E-state index is -0.139. The van der Waals surface area contributed by atoms with Crippen molar-refractivity contribution >= 4 is 23.2 Å². The normalized spacial score (nSPS) is 16.1. The van der Waals surface area contributed by atoms with Gasteiger partial charge in [0.1, 0.15) is 11.6 Å². The van der Waals surface area contributed by atoms with Gasteiger partial charge in [-0.25, -0.2) is 24.9 Å². The summed E-state index contributed by atoms with van der Waals surface area (Å²) in [6.45, 7) is 4.27. The molecule has 3 aromatic heterocycles. The Balaban J connectivity index is 1.60. The molecule has 1 aliphatic carbocycles. The first-order valence-corrected chi connectivity index (χ1v) is 9.23. The van der Waals surface area contributed by atoms with Crippen LogP contribution in [-0.2, 0) is 10.2 Å². The maximum absolute atomic E-state index is 11.5. The minimum Gasteiger partial charge on any atom is -0.325 e. The number of rotatable bonds is 3. The number of aromatic nitrogens is 5. The Hall–Kier alpha value is -3.42. The van der Waals surface area contributed by atoms with Crippen LogP contribution >= 0.6 is 0 Å². The zero-order valence-electron chi connectivity index (χ0n) is 15.7. The van der Waals surface area contributed by atoms with E-state index in [0.29, 0.717) is 17.5 Å². The summed E-state index contributed by atoms with van der Waals surface area (Å²) in [7, 11) is 0. The lowest BCUT2D eigenvalue weighted by molar-refractivity contribution is -0.114. The van der Waals surface area contributed by atoms with Crippen LogP contribution in [0.25, 0.3) is 11.6 Å². The SMILES string of the molecule is CC(=O)Nc1cc2c(cn1)C1(CC1)CN2c1cc(C)nc(-c2ncccn2)n1. The zero-order chi connectivity index (χ0) is 19.3. The van der Waals surface area contributed by atoms with Crippen molar-refractivity contribution in [2.75, 3.05) is 16.8 Å². The number of fused-ring (bicyclic) bond motifs is 2. The van der Waals surface area contributed by atoms with E-state index in [4.69, 9.17) is 4.98 Å². The van der Waals surface area contributed by atoms with Gasteiger partial charge in [-0.05, 0) is 25.8 Å². The Kier molecular flexibility index (Phi) is 3.61. The highest BCUT2D eigenvalue weighted by molar-refractivity contribution is 5.89. The Morgan fingerprint density at radius 1 is 1.11 bits per heavy atom. The predicted octanol–water partition coefficient (Wildman–Crippen LogP) is 2.78. The Morgan fingerprint density at radius 3 is 2.61 bits per heavy atom. The van der Waals surface area contributed by atoms with E-state index < -0.39 is 0 Å². The monoisotopic (exact) mass is 373 g/mol. The number of nitrogens with one attached hydrogen (secondary N) is 1. The van der Waals surface area contributed by atoms with Crippen molar-refractivity contribution in [3.05, 3.63) is 48.0 Å². The second-order valence-electron chi connectivity index (χ2n) is 7.40. The summed E-state index contributed by atoms with van der Waals surface area (Å²) in [6.07, 6.45) is 7.53. The molecule has 2 aliphatic rings. The van der Waals surface area contributed by atoms with Gasteiger partial charge in [0.05, 0.1) is 5.69 Å². The van der Waals surface area contributed by atoms with Crippen molar-refractivity contribution in [1.82, 2.24) is 24.9 Å². The van der Waals surface area contributed by atoms with E-state index in [2.05, 4.69) is 30.2 Å². The molecule has 1 spiro atoms. The van der Waals surface area contributed by atoms with Crippen molar-refractivity contribution < 1.29 is 4.79 Å². The summed E-state index contributed by atoms with van der Waals surface area (Å²) in [6, 6.07) is 5.67. The van der Waals surface area contributed by atoms with E-state index >= 15 is 0 Å². The molecular formula is C20H19N7O. The van der Waals surface area contributed by atoms with Gasteiger partial charge in [-0.2, -0.15) is 0 Å². The third kappa shape index (κ3) is 2.77. The molecule has 1 N–H and O–H groups in total.